The van der Waals surface area contributed by atoms with Gasteiger partial charge in [-0.25, -0.2) is 9.78 Å². The first-order chi connectivity index (χ1) is 11.5. The van der Waals surface area contributed by atoms with Gasteiger partial charge in [-0.3, -0.25) is 0 Å². The van der Waals surface area contributed by atoms with Crippen molar-refractivity contribution in [2.45, 2.75) is 57.8 Å². The Morgan fingerprint density at radius 2 is 1.96 bits per heavy atom. The van der Waals surface area contributed by atoms with Crippen LogP contribution >= 0.6 is 15.9 Å². The maximum atomic E-state index is 11.2. The van der Waals surface area contributed by atoms with E-state index < -0.39 is 14.4 Å². The van der Waals surface area contributed by atoms with Crippen LogP contribution in [-0.4, -0.2) is 42.5 Å². The fourth-order valence-corrected chi connectivity index (χ4v) is 4.43. The number of hydrogen-bond acceptors (Lipinski definition) is 3. The second kappa shape index (κ2) is 7.76. The monoisotopic (exact) mass is 428 g/mol. The number of aromatic nitrogens is 1. The molecule has 1 aromatic heterocycles. The summed E-state index contributed by atoms with van der Waals surface area (Å²) in [6.07, 6.45) is 2.66. The van der Waals surface area contributed by atoms with Gasteiger partial charge in [-0.15, -0.1) is 0 Å². The average molecular weight is 429 g/mol. The van der Waals surface area contributed by atoms with Crippen LogP contribution in [-0.2, 0) is 4.43 Å². The molecular formula is C18H29BrN2O3Si. The van der Waals surface area contributed by atoms with Gasteiger partial charge in [-0.1, -0.05) is 26.8 Å². The predicted octanol–water partition coefficient (Wildman–Crippen LogP) is 5.30. The molecule has 1 aromatic rings. The lowest BCUT2D eigenvalue weighted by atomic mass is 9.88. The van der Waals surface area contributed by atoms with E-state index in [2.05, 4.69) is 60.8 Å². The lowest BCUT2D eigenvalue weighted by Gasteiger charge is -2.43. The maximum absolute atomic E-state index is 11.2. The maximum Gasteiger partial charge on any atom is 0.407 e. The van der Waals surface area contributed by atoms with E-state index in [1.54, 1.807) is 0 Å². The number of rotatable bonds is 4. The minimum Gasteiger partial charge on any atom is -0.465 e. The lowest BCUT2D eigenvalue weighted by molar-refractivity contribution is 0.0639. The number of amides is 1. The summed E-state index contributed by atoms with van der Waals surface area (Å²) < 4.78 is 7.59. The van der Waals surface area contributed by atoms with Gasteiger partial charge >= 0.3 is 6.09 Å². The van der Waals surface area contributed by atoms with Gasteiger partial charge in [0.05, 0.1) is 6.10 Å². The molecule has 1 N–H and O–H groups in total. The van der Waals surface area contributed by atoms with Crippen LogP contribution < -0.4 is 0 Å². The number of halogens is 1. The molecule has 0 bridgehead atoms. The summed E-state index contributed by atoms with van der Waals surface area (Å²) in [5.74, 6) is 0.313. The number of carbonyl (C=O) groups is 1. The zero-order chi connectivity index (χ0) is 18.8. The van der Waals surface area contributed by atoms with E-state index in [4.69, 9.17) is 4.43 Å². The second-order valence-corrected chi connectivity index (χ2v) is 13.9. The van der Waals surface area contributed by atoms with Gasteiger partial charge < -0.3 is 14.4 Å². The van der Waals surface area contributed by atoms with E-state index in [9.17, 15) is 9.90 Å². The highest BCUT2D eigenvalue weighted by molar-refractivity contribution is 9.10. The Labute approximate surface area is 160 Å². The van der Waals surface area contributed by atoms with Crippen molar-refractivity contribution < 1.29 is 14.3 Å². The molecule has 0 aromatic carbocycles. The third kappa shape index (κ3) is 5.05. The summed E-state index contributed by atoms with van der Waals surface area (Å²) >= 11 is 3.39. The van der Waals surface area contributed by atoms with Crippen molar-refractivity contribution >= 4 is 30.3 Å². The van der Waals surface area contributed by atoms with Crippen molar-refractivity contribution in [2.75, 3.05) is 13.1 Å². The first-order valence-electron chi connectivity index (χ1n) is 8.78. The molecule has 1 fully saturated rings. The highest BCUT2D eigenvalue weighted by Crippen LogP contribution is 2.43. The highest BCUT2D eigenvalue weighted by atomic mass is 79.9. The van der Waals surface area contributed by atoms with E-state index in [-0.39, 0.29) is 11.1 Å². The van der Waals surface area contributed by atoms with Crippen molar-refractivity contribution in [3.8, 4) is 0 Å². The van der Waals surface area contributed by atoms with Crippen LogP contribution in [0.25, 0.3) is 0 Å². The van der Waals surface area contributed by atoms with Crippen molar-refractivity contribution in [1.29, 1.82) is 0 Å². The first-order valence-corrected chi connectivity index (χ1v) is 12.5. The number of carboxylic acid groups (broad SMARTS) is 1. The van der Waals surface area contributed by atoms with Crippen LogP contribution in [0.1, 0.15) is 45.3 Å². The SMILES string of the molecule is CC(C)(C)[Si](C)(C)OC(c1ccc(Br)nc1)C1CCN(C(=O)O)CC1. The normalized spacial score (nSPS) is 18.2. The molecule has 25 heavy (non-hydrogen) atoms. The Morgan fingerprint density at radius 1 is 1.36 bits per heavy atom. The lowest BCUT2D eigenvalue weighted by Crippen LogP contribution is -2.45. The molecule has 0 aliphatic carbocycles. The van der Waals surface area contributed by atoms with Crippen LogP contribution in [0.2, 0.25) is 18.1 Å². The molecule has 1 amide bonds. The van der Waals surface area contributed by atoms with E-state index >= 15 is 0 Å². The van der Waals surface area contributed by atoms with Gasteiger partial charge in [-0.05, 0) is 64.5 Å². The molecule has 7 heteroatoms. The fraction of sp³-hybridized carbons (Fsp3) is 0.667. The zero-order valence-corrected chi connectivity index (χ0v) is 18.3. The summed E-state index contributed by atoms with van der Waals surface area (Å²) in [7, 11) is -1.96. The van der Waals surface area contributed by atoms with Crippen molar-refractivity contribution in [1.82, 2.24) is 9.88 Å². The summed E-state index contributed by atoms with van der Waals surface area (Å²) in [6, 6.07) is 4.02. The van der Waals surface area contributed by atoms with Gasteiger partial charge in [0.15, 0.2) is 8.32 Å². The van der Waals surface area contributed by atoms with Crippen molar-refractivity contribution in [2.24, 2.45) is 5.92 Å². The molecule has 0 radical (unpaired) electrons. The van der Waals surface area contributed by atoms with Gasteiger partial charge in [0, 0.05) is 19.3 Å². The molecular weight excluding hydrogens is 400 g/mol. The number of piperidine rings is 1. The summed E-state index contributed by atoms with van der Waals surface area (Å²) in [5.41, 5.74) is 1.09. The van der Waals surface area contributed by atoms with Crippen LogP contribution in [0, 0.1) is 5.92 Å². The van der Waals surface area contributed by atoms with E-state index in [1.807, 2.05) is 12.3 Å². The largest absolute Gasteiger partial charge is 0.465 e. The molecule has 0 saturated carbocycles. The highest BCUT2D eigenvalue weighted by Gasteiger charge is 2.42. The topological polar surface area (TPSA) is 62.7 Å². The van der Waals surface area contributed by atoms with E-state index in [0.717, 1.165) is 23.0 Å². The van der Waals surface area contributed by atoms with Crippen LogP contribution in [0.3, 0.4) is 0 Å². The Hall–Kier alpha value is -0.923. The smallest absolute Gasteiger partial charge is 0.407 e. The molecule has 0 spiro atoms. The number of nitrogens with zero attached hydrogens (tertiary/aromatic N) is 2. The summed E-state index contributed by atoms with van der Waals surface area (Å²) in [4.78, 5) is 17.1. The number of pyridine rings is 1. The van der Waals surface area contributed by atoms with Gasteiger partial charge in [0.1, 0.15) is 4.60 Å². The predicted molar refractivity (Wildman–Crippen MR) is 105 cm³/mol. The Kier molecular flexibility index (Phi) is 6.33. The van der Waals surface area contributed by atoms with E-state index in [0.29, 0.717) is 19.0 Å². The van der Waals surface area contributed by atoms with Gasteiger partial charge in [-0.2, -0.15) is 0 Å². The Bertz CT molecular complexity index is 593. The summed E-state index contributed by atoms with van der Waals surface area (Å²) in [5, 5.41) is 9.31. The molecule has 1 unspecified atom stereocenters. The first kappa shape index (κ1) is 20.4. The standard InChI is InChI=1S/C18H29BrN2O3Si/c1-18(2,3)25(4,5)24-16(14-6-7-15(19)20-12-14)13-8-10-21(11-9-13)17(22)23/h6-7,12-13,16H,8-11H2,1-5H3,(H,22,23). The second-order valence-electron chi connectivity index (χ2n) is 8.32. The third-order valence-corrected chi connectivity index (χ3v) is 10.5. The molecule has 1 atom stereocenters. The minimum absolute atomic E-state index is 0.0302. The van der Waals surface area contributed by atoms with Gasteiger partial charge in [0.25, 0.3) is 0 Å². The zero-order valence-electron chi connectivity index (χ0n) is 15.8. The van der Waals surface area contributed by atoms with Crippen LogP contribution in [0.15, 0.2) is 22.9 Å². The molecule has 5 nitrogen and oxygen atoms in total. The quantitative estimate of drug-likeness (QED) is 0.521. The minimum atomic E-state index is -1.96. The molecule has 2 rings (SSSR count). The molecule has 1 aliphatic rings. The van der Waals surface area contributed by atoms with E-state index in [1.165, 1.54) is 4.90 Å². The molecule has 1 aliphatic heterocycles. The van der Waals surface area contributed by atoms with Crippen LogP contribution in [0.4, 0.5) is 4.79 Å². The van der Waals surface area contributed by atoms with Crippen molar-refractivity contribution in [3.63, 3.8) is 0 Å². The summed E-state index contributed by atoms with van der Waals surface area (Å²) in [6.45, 7) is 12.4. The third-order valence-electron chi connectivity index (χ3n) is 5.54. The fourth-order valence-electron chi connectivity index (χ4n) is 2.88. The van der Waals surface area contributed by atoms with Crippen molar-refractivity contribution in [3.05, 3.63) is 28.5 Å². The Morgan fingerprint density at radius 3 is 2.40 bits per heavy atom. The number of hydrogen-bond donors (Lipinski definition) is 1. The Balaban J connectivity index is 2.24. The average Bonchev–Trinajstić information content (AvgIpc) is 2.52. The number of likely N-dealkylation sites (tertiary alicyclic amines) is 1. The molecule has 140 valence electrons. The molecule has 2 heterocycles. The molecule has 1 saturated heterocycles. The van der Waals surface area contributed by atoms with Crippen LogP contribution in [0.5, 0.6) is 0 Å². The van der Waals surface area contributed by atoms with Gasteiger partial charge in [0.2, 0.25) is 0 Å².